The number of benzene rings is 2. The van der Waals surface area contributed by atoms with Gasteiger partial charge >= 0.3 is 0 Å². The van der Waals surface area contributed by atoms with Gasteiger partial charge in [-0.15, -0.1) is 0 Å². The molecule has 2 aromatic carbocycles. The molecule has 1 aliphatic rings. The van der Waals surface area contributed by atoms with Gasteiger partial charge in [0.2, 0.25) is 0 Å². The van der Waals surface area contributed by atoms with Crippen molar-refractivity contribution in [3.8, 4) is 0 Å². The molecular formula is C17H15BrFNO. The molecule has 0 spiro atoms. The van der Waals surface area contributed by atoms with Gasteiger partial charge in [0.25, 0.3) is 5.91 Å². The molecule has 21 heavy (non-hydrogen) atoms. The van der Waals surface area contributed by atoms with Crippen LogP contribution in [-0.2, 0) is 0 Å². The van der Waals surface area contributed by atoms with E-state index in [1.54, 1.807) is 17.0 Å². The van der Waals surface area contributed by atoms with E-state index in [4.69, 9.17) is 0 Å². The smallest absolute Gasteiger partial charge is 0.257 e. The summed E-state index contributed by atoms with van der Waals surface area (Å²) < 4.78 is 14.6. The van der Waals surface area contributed by atoms with Gasteiger partial charge in [0.05, 0.1) is 11.6 Å². The van der Waals surface area contributed by atoms with Crippen LogP contribution >= 0.6 is 15.9 Å². The molecule has 0 N–H and O–H groups in total. The van der Waals surface area contributed by atoms with Crippen molar-refractivity contribution < 1.29 is 9.18 Å². The minimum Gasteiger partial charge on any atom is -0.332 e. The van der Waals surface area contributed by atoms with E-state index in [9.17, 15) is 9.18 Å². The summed E-state index contributed by atoms with van der Waals surface area (Å²) in [5.74, 6) is -0.709. The summed E-state index contributed by atoms with van der Waals surface area (Å²) in [7, 11) is 0. The highest BCUT2D eigenvalue weighted by Gasteiger charge is 2.31. The lowest BCUT2D eigenvalue weighted by molar-refractivity contribution is 0.0731. The monoisotopic (exact) mass is 347 g/mol. The first-order valence-corrected chi connectivity index (χ1v) is 7.77. The molecule has 1 fully saturated rings. The largest absolute Gasteiger partial charge is 0.332 e. The fourth-order valence-electron chi connectivity index (χ4n) is 2.85. The van der Waals surface area contributed by atoms with E-state index in [1.807, 2.05) is 30.3 Å². The van der Waals surface area contributed by atoms with Crippen molar-refractivity contribution in [3.05, 3.63) is 69.9 Å². The topological polar surface area (TPSA) is 20.3 Å². The molecule has 108 valence electrons. The van der Waals surface area contributed by atoms with E-state index < -0.39 is 5.82 Å². The molecule has 1 unspecified atom stereocenters. The first-order valence-electron chi connectivity index (χ1n) is 6.98. The van der Waals surface area contributed by atoms with Gasteiger partial charge in [-0.2, -0.15) is 0 Å². The van der Waals surface area contributed by atoms with E-state index in [0.717, 1.165) is 18.4 Å². The predicted molar refractivity (Wildman–Crippen MR) is 83.6 cm³/mol. The minimum absolute atomic E-state index is 0.0433. The number of hydrogen-bond acceptors (Lipinski definition) is 1. The van der Waals surface area contributed by atoms with Crippen LogP contribution < -0.4 is 0 Å². The summed E-state index contributed by atoms with van der Waals surface area (Å²) in [6, 6.07) is 14.6. The average Bonchev–Trinajstić information content (AvgIpc) is 2.97. The van der Waals surface area contributed by atoms with Gasteiger partial charge in [0, 0.05) is 11.0 Å². The SMILES string of the molecule is O=C(c1ccc(Br)cc1F)N1CCCC1c1ccccc1. The summed E-state index contributed by atoms with van der Waals surface area (Å²) in [5.41, 5.74) is 1.25. The Morgan fingerprint density at radius 2 is 1.95 bits per heavy atom. The summed E-state index contributed by atoms with van der Waals surface area (Å²) in [6.07, 6.45) is 1.87. The highest BCUT2D eigenvalue weighted by molar-refractivity contribution is 9.10. The summed E-state index contributed by atoms with van der Waals surface area (Å²) in [5, 5.41) is 0. The molecule has 3 rings (SSSR count). The summed E-state index contributed by atoms with van der Waals surface area (Å²) in [4.78, 5) is 14.4. The summed E-state index contributed by atoms with van der Waals surface area (Å²) >= 11 is 3.21. The highest BCUT2D eigenvalue weighted by Crippen LogP contribution is 2.33. The Labute approximate surface area is 131 Å². The maximum atomic E-state index is 14.0. The van der Waals surface area contributed by atoms with E-state index in [-0.39, 0.29) is 17.5 Å². The normalized spacial score (nSPS) is 18.0. The van der Waals surface area contributed by atoms with E-state index in [1.165, 1.54) is 6.07 Å². The highest BCUT2D eigenvalue weighted by atomic mass is 79.9. The van der Waals surface area contributed by atoms with E-state index in [2.05, 4.69) is 15.9 Å². The number of amides is 1. The standard InChI is InChI=1S/C17H15BrFNO/c18-13-8-9-14(15(19)11-13)17(21)20-10-4-7-16(20)12-5-2-1-3-6-12/h1-3,5-6,8-9,11,16H,4,7,10H2. The molecule has 0 aromatic heterocycles. The van der Waals surface area contributed by atoms with Crippen LogP contribution in [0.4, 0.5) is 4.39 Å². The number of likely N-dealkylation sites (tertiary alicyclic amines) is 1. The molecule has 4 heteroatoms. The minimum atomic E-state index is -0.479. The summed E-state index contributed by atoms with van der Waals surface area (Å²) in [6.45, 7) is 0.675. The van der Waals surface area contributed by atoms with Crippen molar-refractivity contribution in [3.63, 3.8) is 0 Å². The maximum Gasteiger partial charge on any atom is 0.257 e. The lowest BCUT2D eigenvalue weighted by atomic mass is 10.0. The van der Waals surface area contributed by atoms with Gasteiger partial charge in [-0.25, -0.2) is 4.39 Å². The second-order valence-electron chi connectivity index (χ2n) is 5.19. The zero-order valence-corrected chi connectivity index (χ0v) is 13.0. The third-order valence-electron chi connectivity index (χ3n) is 3.86. The van der Waals surface area contributed by atoms with Crippen molar-refractivity contribution in [2.24, 2.45) is 0 Å². The fraction of sp³-hybridized carbons (Fsp3) is 0.235. The van der Waals surface area contributed by atoms with Crippen molar-refractivity contribution in [1.29, 1.82) is 0 Å². The van der Waals surface area contributed by atoms with Gasteiger partial charge in [-0.3, -0.25) is 4.79 Å². The van der Waals surface area contributed by atoms with E-state index in [0.29, 0.717) is 11.0 Å². The molecule has 2 aromatic rings. The first-order chi connectivity index (χ1) is 10.2. The molecule has 2 nitrogen and oxygen atoms in total. The number of nitrogens with zero attached hydrogens (tertiary/aromatic N) is 1. The number of halogens is 2. The number of carbonyl (C=O) groups excluding carboxylic acids is 1. The van der Waals surface area contributed by atoms with Crippen LogP contribution in [0.25, 0.3) is 0 Å². The van der Waals surface area contributed by atoms with Crippen LogP contribution in [0.2, 0.25) is 0 Å². The van der Waals surface area contributed by atoms with Gasteiger partial charge in [-0.05, 0) is 36.6 Å². The molecule has 1 heterocycles. The third-order valence-corrected chi connectivity index (χ3v) is 4.35. The number of hydrogen-bond donors (Lipinski definition) is 0. The Balaban J connectivity index is 1.90. The van der Waals surface area contributed by atoms with Crippen molar-refractivity contribution in [1.82, 2.24) is 4.90 Å². The zero-order chi connectivity index (χ0) is 14.8. The van der Waals surface area contributed by atoms with Crippen molar-refractivity contribution in [2.75, 3.05) is 6.54 Å². The predicted octanol–water partition coefficient (Wildman–Crippen LogP) is 4.57. The average molecular weight is 348 g/mol. The third kappa shape index (κ3) is 2.86. The van der Waals surface area contributed by atoms with Gasteiger partial charge in [-0.1, -0.05) is 46.3 Å². The number of rotatable bonds is 2. The lowest BCUT2D eigenvalue weighted by Gasteiger charge is -2.25. The molecule has 0 bridgehead atoms. The molecule has 0 saturated carbocycles. The van der Waals surface area contributed by atoms with E-state index >= 15 is 0 Å². The van der Waals surface area contributed by atoms with Gasteiger partial charge in [0.1, 0.15) is 5.82 Å². The Morgan fingerprint density at radius 1 is 1.19 bits per heavy atom. The van der Waals surface area contributed by atoms with Crippen molar-refractivity contribution in [2.45, 2.75) is 18.9 Å². The zero-order valence-electron chi connectivity index (χ0n) is 11.4. The second kappa shape index (κ2) is 5.98. The van der Waals surface area contributed by atoms with Crippen LogP contribution in [-0.4, -0.2) is 17.4 Å². The van der Waals surface area contributed by atoms with Crippen LogP contribution in [0, 0.1) is 5.82 Å². The molecule has 1 amide bonds. The second-order valence-corrected chi connectivity index (χ2v) is 6.11. The van der Waals surface area contributed by atoms with Crippen LogP contribution in [0.3, 0.4) is 0 Å². The molecule has 1 aliphatic heterocycles. The molecule has 1 atom stereocenters. The van der Waals surface area contributed by atoms with Crippen LogP contribution in [0.1, 0.15) is 34.8 Å². The van der Waals surface area contributed by atoms with Gasteiger partial charge < -0.3 is 4.90 Å². The molecule has 0 aliphatic carbocycles. The number of carbonyl (C=O) groups is 1. The Kier molecular flexibility index (Phi) is 4.06. The molecular weight excluding hydrogens is 333 g/mol. The Morgan fingerprint density at radius 3 is 2.67 bits per heavy atom. The fourth-order valence-corrected chi connectivity index (χ4v) is 3.18. The lowest BCUT2D eigenvalue weighted by Crippen LogP contribution is -2.31. The first kappa shape index (κ1) is 14.3. The maximum absolute atomic E-state index is 14.0. The van der Waals surface area contributed by atoms with Gasteiger partial charge in [0.15, 0.2) is 0 Å². The van der Waals surface area contributed by atoms with Crippen LogP contribution in [0.5, 0.6) is 0 Å². The molecule has 0 radical (unpaired) electrons. The Bertz CT molecular complexity index is 659. The van der Waals surface area contributed by atoms with Crippen LogP contribution in [0.15, 0.2) is 53.0 Å². The Hall–Kier alpha value is -1.68. The van der Waals surface area contributed by atoms with Crippen molar-refractivity contribution >= 4 is 21.8 Å². The quantitative estimate of drug-likeness (QED) is 0.779. The molecule has 1 saturated heterocycles.